The summed E-state index contributed by atoms with van der Waals surface area (Å²) in [6, 6.07) is 19.3. The van der Waals surface area contributed by atoms with Gasteiger partial charge in [0.15, 0.2) is 0 Å². The summed E-state index contributed by atoms with van der Waals surface area (Å²) >= 11 is 0. The van der Waals surface area contributed by atoms with Gasteiger partial charge in [0.05, 0.1) is 12.5 Å². The van der Waals surface area contributed by atoms with E-state index in [0.717, 1.165) is 5.56 Å². The second-order valence-electron chi connectivity index (χ2n) is 5.98. The second kappa shape index (κ2) is 8.87. The molecule has 0 radical (unpaired) electrons. The van der Waals surface area contributed by atoms with Crippen LogP contribution >= 0.6 is 0 Å². The van der Waals surface area contributed by atoms with Crippen LogP contribution in [0.15, 0.2) is 60.7 Å². The van der Waals surface area contributed by atoms with Crippen LogP contribution in [0.1, 0.15) is 43.4 Å². The van der Waals surface area contributed by atoms with Gasteiger partial charge >= 0.3 is 0 Å². The molecule has 0 aliphatic carbocycles. The van der Waals surface area contributed by atoms with E-state index in [2.05, 4.69) is 29.7 Å². The Morgan fingerprint density at radius 3 is 2.00 bits per heavy atom. The van der Waals surface area contributed by atoms with Gasteiger partial charge in [-0.3, -0.25) is 9.59 Å². The zero-order valence-corrected chi connectivity index (χ0v) is 14.2. The first kappa shape index (κ1) is 17.7. The normalized spacial score (nSPS) is 12.9. The lowest BCUT2D eigenvalue weighted by atomic mass is 10.0. The van der Waals surface area contributed by atoms with E-state index in [1.165, 1.54) is 12.5 Å². The van der Waals surface area contributed by atoms with E-state index in [1.807, 2.05) is 48.5 Å². The highest BCUT2D eigenvalue weighted by atomic mass is 16.2. The number of nitrogens with one attached hydrogen (secondary N) is 2. The van der Waals surface area contributed by atoms with E-state index in [-0.39, 0.29) is 30.2 Å². The van der Waals surface area contributed by atoms with Crippen LogP contribution in [-0.4, -0.2) is 18.4 Å². The maximum atomic E-state index is 12.3. The number of benzene rings is 2. The van der Waals surface area contributed by atoms with Crippen LogP contribution in [0.5, 0.6) is 0 Å². The van der Waals surface area contributed by atoms with Crippen molar-refractivity contribution in [3.05, 3.63) is 71.8 Å². The maximum absolute atomic E-state index is 12.3. The molecule has 0 saturated heterocycles. The van der Waals surface area contributed by atoms with Crippen LogP contribution in [0.25, 0.3) is 0 Å². The summed E-state index contributed by atoms with van der Waals surface area (Å²) in [5.74, 6) is 0.0285. The van der Waals surface area contributed by atoms with Crippen LogP contribution in [0.3, 0.4) is 0 Å². The third-order valence-electron chi connectivity index (χ3n) is 3.94. The fraction of sp³-hybridized carbons (Fsp3) is 0.300. The molecular formula is C20H24N2O2. The van der Waals surface area contributed by atoms with E-state index in [0.29, 0.717) is 6.54 Å². The first-order valence-electron chi connectivity index (χ1n) is 8.20. The summed E-state index contributed by atoms with van der Waals surface area (Å²) in [7, 11) is 0. The standard InChI is InChI=1S/C20H24N2O2/c1-15(17-9-5-3-6-10-17)14-21-20(24)13-19(22-16(2)23)18-11-7-4-8-12-18/h3-12,15,19H,13-14H2,1-2H3,(H,21,24)(H,22,23). The van der Waals surface area contributed by atoms with E-state index in [1.54, 1.807) is 0 Å². The fourth-order valence-corrected chi connectivity index (χ4v) is 2.61. The molecule has 2 amide bonds. The number of hydrogen-bond acceptors (Lipinski definition) is 2. The lowest BCUT2D eigenvalue weighted by Gasteiger charge is -2.19. The Hall–Kier alpha value is -2.62. The van der Waals surface area contributed by atoms with Crippen LogP contribution in [0.4, 0.5) is 0 Å². The monoisotopic (exact) mass is 324 g/mol. The summed E-state index contributed by atoms with van der Waals surface area (Å²) < 4.78 is 0. The largest absolute Gasteiger partial charge is 0.355 e. The van der Waals surface area contributed by atoms with Gasteiger partial charge in [0, 0.05) is 13.5 Å². The van der Waals surface area contributed by atoms with Crippen LogP contribution < -0.4 is 10.6 Å². The molecule has 0 bridgehead atoms. The lowest BCUT2D eigenvalue weighted by Crippen LogP contribution is -2.34. The van der Waals surface area contributed by atoms with Gasteiger partial charge in [-0.2, -0.15) is 0 Å². The zero-order valence-electron chi connectivity index (χ0n) is 14.2. The van der Waals surface area contributed by atoms with Gasteiger partial charge in [-0.05, 0) is 17.0 Å². The summed E-state index contributed by atoms with van der Waals surface area (Å²) in [5, 5.41) is 5.81. The third-order valence-corrected chi connectivity index (χ3v) is 3.94. The van der Waals surface area contributed by atoms with Crippen molar-refractivity contribution in [3.63, 3.8) is 0 Å². The minimum absolute atomic E-state index is 0.0691. The van der Waals surface area contributed by atoms with Crippen LogP contribution in [0, 0.1) is 0 Å². The molecule has 2 N–H and O–H groups in total. The minimum Gasteiger partial charge on any atom is -0.355 e. The van der Waals surface area contributed by atoms with Crippen LogP contribution in [-0.2, 0) is 9.59 Å². The molecule has 0 heterocycles. The smallest absolute Gasteiger partial charge is 0.222 e. The van der Waals surface area contributed by atoms with Crippen LogP contribution in [0.2, 0.25) is 0 Å². The number of carbonyl (C=O) groups is 2. The van der Waals surface area contributed by atoms with Crippen molar-refractivity contribution in [2.24, 2.45) is 0 Å². The highest BCUT2D eigenvalue weighted by Crippen LogP contribution is 2.17. The van der Waals surface area contributed by atoms with Gasteiger partial charge in [0.1, 0.15) is 0 Å². The average molecular weight is 324 g/mol. The molecule has 0 fully saturated rings. The maximum Gasteiger partial charge on any atom is 0.222 e. The average Bonchev–Trinajstić information content (AvgIpc) is 2.60. The predicted octanol–water partition coefficient (Wildman–Crippen LogP) is 3.17. The zero-order chi connectivity index (χ0) is 17.4. The van der Waals surface area contributed by atoms with Crippen molar-refractivity contribution in [1.29, 1.82) is 0 Å². The molecule has 4 nitrogen and oxygen atoms in total. The van der Waals surface area contributed by atoms with E-state index in [9.17, 15) is 9.59 Å². The SMILES string of the molecule is CC(=O)NC(CC(=O)NCC(C)c1ccccc1)c1ccccc1. The third kappa shape index (κ3) is 5.54. The van der Waals surface area contributed by atoms with Crippen molar-refractivity contribution >= 4 is 11.8 Å². The summed E-state index contributed by atoms with van der Waals surface area (Å²) in [6.07, 6.45) is 0.227. The van der Waals surface area contributed by atoms with E-state index >= 15 is 0 Å². The molecule has 0 aromatic heterocycles. The molecule has 2 rings (SSSR count). The Balaban J connectivity index is 1.92. The van der Waals surface area contributed by atoms with Crippen molar-refractivity contribution in [1.82, 2.24) is 10.6 Å². The molecule has 0 spiro atoms. The molecule has 4 heteroatoms. The molecular weight excluding hydrogens is 300 g/mol. The van der Waals surface area contributed by atoms with E-state index in [4.69, 9.17) is 0 Å². The highest BCUT2D eigenvalue weighted by molar-refractivity contribution is 5.79. The Morgan fingerprint density at radius 2 is 1.46 bits per heavy atom. The number of rotatable bonds is 7. The molecule has 0 aliphatic rings. The van der Waals surface area contributed by atoms with Gasteiger partial charge in [-0.1, -0.05) is 67.6 Å². The van der Waals surface area contributed by atoms with E-state index < -0.39 is 0 Å². The second-order valence-corrected chi connectivity index (χ2v) is 5.98. The number of hydrogen-bond donors (Lipinski definition) is 2. The summed E-state index contributed by atoms with van der Waals surface area (Å²) in [4.78, 5) is 23.7. The van der Waals surface area contributed by atoms with Gasteiger partial charge in [0.25, 0.3) is 0 Å². The number of carbonyl (C=O) groups excluding carboxylic acids is 2. The topological polar surface area (TPSA) is 58.2 Å². The van der Waals surface area contributed by atoms with Gasteiger partial charge in [0.2, 0.25) is 11.8 Å². The Bertz CT molecular complexity index is 656. The lowest BCUT2D eigenvalue weighted by molar-refractivity contribution is -0.122. The summed E-state index contributed by atoms with van der Waals surface area (Å²) in [6.45, 7) is 4.12. The summed E-state index contributed by atoms with van der Waals surface area (Å²) in [5.41, 5.74) is 2.12. The van der Waals surface area contributed by atoms with Gasteiger partial charge in [-0.15, -0.1) is 0 Å². The molecule has 2 aromatic rings. The molecule has 2 unspecified atom stereocenters. The highest BCUT2D eigenvalue weighted by Gasteiger charge is 2.17. The van der Waals surface area contributed by atoms with Gasteiger partial charge in [-0.25, -0.2) is 0 Å². The van der Waals surface area contributed by atoms with Crippen molar-refractivity contribution < 1.29 is 9.59 Å². The molecule has 0 aliphatic heterocycles. The Kier molecular flexibility index (Phi) is 6.55. The van der Waals surface area contributed by atoms with Gasteiger partial charge < -0.3 is 10.6 Å². The Labute approximate surface area is 143 Å². The molecule has 24 heavy (non-hydrogen) atoms. The first-order chi connectivity index (χ1) is 11.6. The first-order valence-corrected chi connectivity index (χ1v) is 8.20. The molecule has 126 valence electrons. The van der Waals surface area contributed by atoms with Crippen molar-refractivity contribution in [2.45, 2.75) is 32.2 Å². The molecule has 2 atom stereocenters. The molecule has 2 aromatic carbocycles. The minimum atomic E-state index is -0.310. The van der Waals surface area contributed by atoms with Crippen molar-refractivity contribution in [2.75, 3.05) is 6.54 Å². The fourth-order valence-electron chi connectivity index (χ4n) is 2.61. The predicted molar refractivity (Wildman–Crippen MR) is 95.5 cm³/mol. The number of amides is 2. The quantitative estimate of drug-likeness (QED) is 0.822. The Morgan fingerprint density at radius 1 is 0.917 bits per heavy atom. The molecule has 0 saturated carbocycles. The van der Waals surface area contributed by atoms with Crippen molar-refractivity contribution in [3.8, 4) is 0 Å².